The van der Waals surface area contributed by atoms with Gasteiger partial charge in [-0.25, -0.2) is 8.78 Å². The molecule has 0 bridgehead atoms. The van der Waals surface area contributed by atoms with Crippen LogP contribution in [0.3, 0.4) is 0 Å². The minimum absolute atomic E-state index is 0.0812. The molecule has 0 N–H and O–H groups in total. The summed E-state index contributed by atoms with van der Waals surface area (Å²) in [6.45, 7) is -0.0903. The molecule has 7 heteroatoms. The molecule has 0 atom stereocenters. The van der Waals surface area contributed by atoms with Crippen LogP contribution in [0.1, 0.15) is 6.42 Å². The fraction of sp³-hybridized carbons (Fsp3) is 0.556. The highest BCUT2D eigenvalue weighted by Crippen LogP contribution is 2.31. The molecular formula is C9H10ClF2N3O. The second-order valence-corrected chi connectivity index (χ2v) is 3.95. The number of anilines is 1. The zero-order chi connectivity index (χ0) is 11.8. The zero-order valence-corrected chi connectivity index (χ0v) is 9.34. The van der Waals surface area contributed by atoms with Crippen LogP contribution >= 0.6 is 11.6 Å². The van der Waals surface area contributed by atoms with Crippen LogP contribution in [0.25, 0.3) is 0 Å². The van der Waals surface area contributed by atoms with Crippen LogP contribution in [0.4, 0.5) is 14.6 Å². The van der Waals surface area contributed by atoms with Crippen molar-refractivity contribution >= 4 is 17.4 Å². The van der Waals surface area contributed by atoms with Gasteiger partial charge in [-0.2, -0.15) is 9.97 Å². The Morgan fingerprint density at radius 3 is 2.81 bits per heavy atom. The third kappa shape index (κ3) is 2.32. The predicted octanol–water partition coefficient (Wildman–Crippen LogP) is 1.98. The fourth-order valence-corrected chi connectivity index (χ4v) is 1.74. The Labute approximate surface area is 96.2 Å². The Morgan fingerprint density at radius 2 is 2.25 bits per heavy atom. The Hall–Kier alpha value is -1.17. The van der Waals surface area contributed by atoms with Crippen LogP contribution < -0.4 is 9.64 Å². The van der Waals surface area contributed by atoms with Gasteiger partial charge in [0.15, 0.2) is 0 Å². The first kappa shape index (κ1) is 11.3. The third-order valence-electron chi connectivity index (χ3n) is 2.34. The fourth-order valence-electron chi connectivity index (χ4n) is 1.57. The summed E-state index contributed by atoms with van der Waals surface area (Å²) in [4.78, 5) is 9.22. The van der Waals surface area contributed by atoms with Crippen molar-refractivity contribution in [2.45, 2.75) is 12.3 Å². The van der Waals surface area contributed by atoms with Gasteiger partial charge >= 0.3 is 6.01 Å². The van der Waals surface area contributed by atoms with Crippen molar-refractivity contribution in [3.8, 4) is 6.01 Å². The summed E-state index contributed by atoms with van der Waals surface area (Å²) < 4.78 is 30.9. The molecule has 1 fully saturated rings. The normalized spacial score (nSPS) is 18.9. The zero-order valence-electron chi connectivity index (χ0n) is 8.58. The van der Waals surface area contributed by atoms with E-state index in [1.165, 1.54) is 18.1 Å². The smallest absolute Gasteiger partial charge is 0.319 e. The minimum Gasteiger partial charge on any atom is -0.467 e. The van der Waals surface area contributed by atoms with Crippen LogP contribution in [0.15, 0.2) is 6.07 Å². The average molecular weight is 250 g/mol. The molecule has 0 radical (unpaired) electrons. The Balaban J connectivity index is 2.24. The summed E-state index contributed by atoms with van der Waals surface area (Å²) in [6, 6.07) is 1.53. The lowest BCUT2D eigenvalue weighted by atomic mass is 10.3. The average Bonchev–Trinajstić information content (AvgIpc) is 2.58. The van der Waals surface area contributed by atoms with Gasteiger partial charge in [0.25, 0.3) is 5.92 Å². The number of halogens is 3. The maximum absolute atomic E-state index is 13.0. The van der Waals surface area contributed by atoms with Crippen LogP contribution in [0.2, 0.25) is 5.15 Å². The standard InChI is InChI=1S/C9H10ClF2N3O/c1-16-8-13-6(10)4-7(14-8)15-3-2-9(11,12)5-15/h4H,2-3,5H2,1H3. The molecule has 4 nitrogen and oxygen atoms in total. The highest BCUT2D eigenvalue weighted by atomic mass is 35.5. The molecular weight excluding hydrogens is 240 g/mol. The molecule has 1 aromatic rings. The molecule has 2 heterocycles. The largest absolute Gasteiger partial charge is 0.467 e. The highest BCUT2D eigenvalue weighted by molar-refractivity contribution is 6.29. The van der Waals surface area contributed by atoms with Gasteiger partial charge in [0.1, 0.15) is 11.0 Å². The van der Waals surface area contributed by atoms with E-state index in [4.69, 9.17) is 16.3 Å². The Kier molecular flexibility index (Phi) is 2.84. The van der Waals surface area contributed by atoms with Crippen molar-refractivity contribution < 1.29 is 13.5 Å². The number of rotatable bonds is 2. The summed E-state index contributed by atoms with van der Waals surface area (Å²) in [5.41, 5.74) is 0. The van der Waals surface area contributed by atoms with Crippen molar-refractivity contribution in [2.24, 2.45) is 0 Å². The van der Waals surface area contributed by atoms with Crippen LogP contribution in [-0.4, -0.2) is 36.1 Å². The van der Waals surface area contributed by atoms with Crippen molar-refractivity contribution in [3.63, 3.8) is 0 Å². The second kappa shape index (κ2) is 4.01. The number of hydrogen-bond acceptors (Lipinski definition) is 4. The van der Waals surface area contributed by atoms with Crippen LogP contribution in [0, 0.1) is 0 Å². The summed E-state index contributed by atoms with van der Waals surface area (Å²) in [5.74, 6) is -2.29. The van der Waals surface area contributed by atoms with E-state index < -0.39 is 5.92 Å². The first-order valence-corrected chi connectivity index (χ1v) is 5.09. The molecule has 0 amide bonds. The highest BCUT2D eigenvalue weighted by Gasteiger charge is 2.38. The lowest BCUT2D eigenvalue weighted by Gasteiger charge is -2.17. The van der Waals surface area contributed by atoms with E-state index in [0.717, 1.165) is 0 Å². The van der Waals surface area contributed by atoms with Crippen molar-refractivity contribution in [1.29, 1.82) is 0 Å². The van der Waals surface area contributed by atoms with Gasteiger partial charge in [-0.05, 0) is 0 Å². The molecule has 0 aliphatic carbocycles. The predicted molar refractivity (Wildman–Crippen MR) is 55.4 cm³/mol. The number of alkyl halides is 2. The molecule has 1 aromatic heterocycles. The topological polar surface area (TPSA) is 38.2 Å². The molecule has 2 rings (SSSR count). The van der Waals surface area contributed by atoms with Gasteiger partial charge in [0, 0.05) is 19.0 Å². The van der Waals surface area contributed by atoms with Crippen molar-refractivity contribution in [1.82, 2.24) is 9.97 Å². The van der Waals surface area contributed by atoms with E-state index >= 15 is 0 Å². The number of methoxy groups -OCH3 is 1. The SMILES string of the molecule is COc1nc(Cl)cc(N2CCC(F)(F)C2)n1. The summed E-state index contributed by atoms with van der Waals surface area (Å²) >= 11 is 5.73. The van der Waals surface area contributed by atoms with Gasteiger partial charge in [-0.1, -0.05) is 11.6 Å². The quantitative estimate of drug-likeness (QED) is 0.752. The van der Waals surface area contributed by atoms with E-state index in [9.17, 15) is 8.78 Å². The number of aromatic nitrogens is 2. The summed E-state index contributed by atoms with van der Waals surface area (Å²) in [5, 5.41) is 0.178. The van der Waals surface area contributed by atoms with E-state index in [-0.39, 0.29) is 30.7 Å². The molecule has 0 aromatic carbocycles. The number of ether oxygens (including phenoxy) is 1. The molecule has 16 heavy (non-hydrogen) atoms. The van der Waals surface area contributed by atoms with Crippen LogP contribution in [-0.2, 0) is 0 Å². The van der Waals surface area contributed by atoms with Gasteiger partial charge in [-0.15, -0.1) is 0 Å². The number of nitrogens with zero attached hydrogens (tertiary/aromatic N) is 3. The lowest BCUT2D eigenvalue weighted by molar-refractivity contribution is 0.0256. The minimum atomic E-state index is -2.66. The van der Waals surface area contributed by atoms with Crippen molar-refractivity contribution in [2.75, 3.05) is 25.1 Å². The molecule has 0 spiro atoms. The molecule has 1 saturated heterocycles. The summed E-state index contributed by atoms with van der Waals surface area (Å²) in [7, 11) is 1.40. The molecule has 1 aliphatic heterocycles. The molecule has 88 valence electrons. The van der Waals surface area contributed by atoms with Gasteiger partial charge in [0.2, 0.25) is 0 Å². The third-order valence-corrected chi connectivity index (χ3v) is 2.53. The molecule has 0 unspecified atom stereocenters. The maximum atomic E-state index is 13.0. The van der Waals surface area contributed by atoms with E-state index in [1.807, 2.05) is 0 Å². The van der Waals surface area contributed by atoms with Gasteiger partial charge < -0.3 is 9.64 Å². The molecule has 1 aliphatic rings. The monoisotopic (exact) mass is 249 g/mol. The van der Waals surface area contributed by atoms with Crippen LogP contribution in [0.5, 0.6) is 6.01 Å². The lowest BCUT2D eigenvalue weighted by Crippen LogP contribution is -2.25. The first-order valence-electron chi connectivity index (χ1n) is 4.71. The Bertz CT molecular complexity index is 402. The Morgan fingerprint density at radius 1 is 1.50 bits per heavy atom. The van der Waals surface area contributed by atoms with E-state index in [0.29, 0.717) is 5.82 Å². The van der Waals surface area contributed by atoms with Crippen molar-refractivity contribution in [3.05, 3.63) is 11.2 Å². The van der Waals surface area contributed by atoms with E-state index in [2.05, 4.69) is 9.97 Å². The molecule has 0 saturated carbocycles. The van der Waals surface area contributed by atoms with Gasteiger partial charge in [0.05, 0.1) is 13.7 Å². The summed E-state index contributed by atoms with van der Waals surface area (Å²) in [6.07, 6.45) is -0.170. The maximum Gasteiger partial charge on any atom is 0.319 e. The van der Waals surface area contributed by atoms with Gasteiger partial charge in [-0.3, -0.25) is 0 Å². The van der Waals surface area contributed by atoms with E-state index in [1.54, 1.807) is 0 Å². The first-order chi connectivity index (χ1) is 7.50. The number of hydrogen-bond donors (Lipinski definition) is 0. The second-order valence-electron chi connectivity index (χ2n) is 3.56.